The fraction of sp³-hybridized carbons (Fsp3) is 0.579. The number of hydrogen-bond donors (Lipinski definition) is 1. The number of anilines is 1. The first-order chi connectivity index (χ1) is 10.9. The minimum atomic E-state index is -0.871. The van der Waals surface area contributed by atoms with Gasteiger partial charge in [-0.25, -0.2) is 0 Å². The molecule has 0 radical (unpaired) electrons. The van der Waals surface area contributed by atoms with Crippen LogP contribution in [0.2, 0.25) is 0 Å². The summed E-state index contributed by atoms with van der Waals surface area (Å²) in [7, 11) is 0. The Labute approximate surface area is 139 Å². The number of nitrogens with zero attached hydrogens (tertiary/aromatic N) is 1. The monoisotopic (exact) mass is 316 g/mol. The summed E-state index contributed by atoms with van der Waals surface area (Å²) in [5.74, 6) is -0.164. The number of carbonyl (C=O) groups excluding carboxylic acids is 2. The molecule has 1 aromatic rings. The highest BCUT2D eigenvalue weighted by atomic mass is 16.2. The van der Waals surface area contributed by atoms with Crippen molar-refractivity contribution in [1.29, 1.82) is 0 Å². The second-order valence-electron chi connectivity index (χ2n) is 6.77. The molecule has 1 atom stereocenters. The lowest BCUT2D eigenvalue weighted by Crippen LogP contribution is -2.60. The van der Waals surface area contributed by atoms with Crippen LogP contribution >= 0.6 is 0 Å². The van der Waals surface area contributed by atoms with Crippen molar-refractivity contribution in [3.8, 4) is 0 Å². The molecule has 1 aliphatic carbocycles. The van der Waals surface area contributed by atoms with Crippen LogP contribution < -0.4 is 10.2 Å². The maximum atomic E-state index is 12.9. The van der Waals surface area contributed by atoms with Gasteiger partial charge < -0.3 is 5.32 Å². The van der Waals surface area contributed by atoms with Crippen molar-refractivity contribution in [3.63, 3.8) is 0 Å². The summed E-state index contributed by atoms with van der Waals surface area (Å²) >= 11 is 0. The molecule has 0 aromatic heterocycles. The molecule has 0 saturated heterocycles. The van der Waals surface area contributed by atoms with Gasteiger partial charge in [0.1, 0.15) is 5.54 Å². The van der Waals surface area contributed by atoms with Crippen LogP contribution in [-0.4, -0.2) is 23.4 Å². The number of amides is 2. The molecule has 2 rings (SSSR count). The molecule has 4 nitrogen and oxygen atoms in total. The number of nitrogens with one attached hydrogen (secondary N) is 1. The zero-order valence-electron chi connectivity index (χ0n) is 14.7. The van der Waals surface area contributed by atoms with Crippen LogP contribution in [0.4, 0.5) is 5.69 Å². The molecule has 0 heterocycles. The highest BCUT2D eigenvalue weighted by molar-refractivity contribution is 6.02. The first-order valence-electron chi connectivity index (χ1n) is 8.57. The predicted octanol–water partition coefficient (Wildman–Crippen LogP) is 3.58. The van der Waals surface area contributed by atoms with E-state index in [-0.39, 0.29) is 17.9 Å². The van der Waals surface area contributed by atoms with Crippen LogP contribution in [0.5, 0.6) is 0 Å². The van der Waals surface area contributed by atoms with Gasteiger partial charge in [0.2, 0.25) is 11.8 Å². The zero-order chi connectivity index (χ0) is 17.0. The molecule has 1 aliphatic rings. The molecule has 1 aromatic carbocycles. The smallest absolute Gasteiger partial charge is 0.246 e. The largest absolute Gasteiger partial charge is 0.351 e. The molecular weight excluding hydrogens is 288 g/mol. The molecule has 1 saturated carbocycles. The van der Waals surface area contributed by atoms with Crippen molar-refractivity contribution in [2.24, 2.45) is 0 Å². The molecule has 2 amide bonds. The summed E-state index contributed by atoms with van der Waals surface area (Å²) in [5, 5.41) is 3.15. The normalized spacial score (nSPS) is 17.6. The van der Waals surface area contributed by atoms with Crippen molar-refractivity contribution in [1.82, 2.24) is 5.32 Å². The van der Waals surface area contributed by atoms with Crippen LogP contribution in [0.1, 0.15) is 58.4 Å². The fourth-order valence-corrected chi connectivity index (χ4v) is 3.34. The molecule has 126 valence electrons. The van der Waals surface area contributed by atoms with Gasteiger partial charge in [-0.15, -0.1) is 0 Å². The third-order valence-electron chi connectivity index (χ3n) is 4.97. The van der Waals surface area contributed by atoms with Crippen LogP contribution in [-0.2, 0) is 9.59 Å². The van der Waals surface area contributed by atoms with E-state index in [9.17, 15) is 9.59 Å². The second-order valence-corrected chi connectivity index (χ2v) is 6.77. The van der Waals surface area contributed by atoms with Gasteiger partial charge in [-0.2, -0.15) is 0 Å². The van der Waals surface area contributed by atoms with E-state index in [0.717, 1.165) is 24.1 Å². The maximum absolute atomic E-state index is 12.9. The Kier molecular flexibility index (Phi) is 5.45. The zero-order valence-corrected chi connectivity index (χ0v) is 14.7. The Morgan fingerprint density at radius 1 is 1.22 bits per heavy atom. The Morgan fingerprint density at radius 3 is 2.26 bits per heavy atom. The third kappa shape index (κ3) is 3.74. The molecule has 0 aliphatic heterocycles. The third-order valence-corrected chi connectivity index (χ3v) is 4.97. The molecule has 0 unspecified atom stereocenters. The van der Waals surface area contributed by atoms with Crippen molar-refractivity contribution >= 4 is 17.5 Å². The van der Waals surface area contributed by atoms with Crippen molar-refractivity contribution in [2.75, 3.05) is 4.90 Å². The van der Waals surface area contributed by atoms with E-state index in [1.165, 1.54) is 19.8 Å². The van der Waals surface area contributed by atoms with E-state index in [0.29, 0.717) is 6.42 Å². The SMILES string of the molecule is CC[C@](C)(C(=O)NC1CCCC1)N(C(C)=O)c1ccc(C)cc1. The molecule has 23 heavy (non-hydrogen) atoms. The van der Waals surface area contributed by atoms with E-state index in [1.807, 2.05) is 45.0 Å². The summed E-state index contributed by atoms with van der Waals surface area (Å²) in [5.41, 5.74) is 1.03. The predicted molar refractivity (Wildman–Crippen MR) is 93.4 cm³/mol. The average Bonchev–Trinajstić information content (AvgIpc) is 3.01. The first kappa shape index (κ1) is 17.5. The van der Waals surface area contributed by atoms with Crippen LogP contribution in [0.15, 0.2) is 24.3 Å². The lowest BCUT2D eigenvalue weighted by atomic mass is 9.93. The number of carbonyl (C=O) groups is 2. The minimum Gasteiger partial charge on any atom is -0.351 e. The lowest BCUT2D eigenvalue weighted by molar-refractivity contribution is -0.130. The van der Waals surface area contributed by atoms with E-state index < -0.39 is 5.54 Å². The summed E-state index contributed by atoms with van der Waals surface area (Å²) in [6.07, 6.45) is 4.98. The van der Waals surface area contributed by atoms with Gasteiger partial charge in [0.25, 0.3) is 0 Å². The summed E-state index contributed by atoms with van der Waals surface area (Å²) in [4.78, 5) is 26.9. The second kappa shape index (κ2) is 7.16. The van der Waals surface area contributed by atoms with Gasteiger partial charge in [0.05, 0.1) is 0 Å². The minimum absolute atomic E-state index is 0.0531. The summed E-state index contributed by atoms with van der Waals surface area (Å²) < 4.78 is 0. The number of hydrogen-bond acceptors (Lipinski definition) is 2. The van der Waals surface area contributed by atoms with Gasteiger partial charge in [-0.3, -0.25) is 14.5 Å². The van der Waals surface area contributed by atoms with Crippen molar-refractivity contribution < 1.29 is 9.59 Å². The first-order valence-corrected chi connectivity index (χ1v) is 8.57. The molecule has 4 heteroatoms. The van der Waals surface area contributed by atoms with E-state index in [4.69, 9.17) is 0 Å². The fourth-order valence-electron chi connectivity index (χ4n) is 3.34. The van der Waals surface area contributed by atoms with Gasteiger partial charge in [-0.1, -0.05) is 37.5 Å². The quantitative estimate of drug-likeness (QED) is 0.902. The topological polar surface area (TPSA) is 49.4 Å². The molecule has 0 spiro atoms. The summed E-state index contributed by atoms with van der Waals surface area (Å²) in [6.45, 7) is 7.35. The van der Waals surface area contributed by atoms with E-state index in [2.05, 4.69) is 5.32 Å². The Morgan fingerprint density at radius 2 is 1.78 bits per heavy atom. The van der Waals surface area contributed by atoms with Gasteiger partial charge >= 0.3 is 0 Å². The highest BCUT2D eigenvalue weighted by Crippen LogP contribution is 2.29. The highest BCUT2D eigenvalue weighted by Gasteiger charge is 2.41. The Hall–Kier alpha value is -1.84. The van der Waals surface area contributed by atoms with Crippen LogP contribution in [0.3, 0.4) is 0 Å². The van der Waals surface area contributed by atoms with Gasteiger partial charge in [0.15, 0.2) is 0 Å². The van der Waals surface area contributed by atoms with Crippen LogP contribution in [0.25, 0.3) is 0 Å². The van der Waals surface area contributed by atoms with Crippen molar-refractivity contribution in [3.05, 3.63) is 29.8 Å². The number of aryl methyl sites for hydroxylation is 1. The van der Waals surface area contributed by atoms with E-state index in [1.54, 1.807) is 4.90 Å². The molecule has 1 N–H and O–H groups in total. The number of rotatable bonds is 5. The van der Waals surface area contributed by atoms with Crippen LogP contribution in [0, 0.1) is 6.92 Å². The standard InChI is InChI=1S/C19H28N2O2/c1-5-19(4,18(23)20-16-8-6-7-9-16)21(15(3)22)17-12-10-14(2)11-13-17/h10-13,16H,5-9H2,1-4H3,(H,20,23)/t19-/m1/s1. The summed E-state index contributed by atoms with van der Waals surface area (Å²) in [6, 6.07) is 8.01. The van der Waals surface area contributed by atoms with Gasteiger partial charge in [0, 0.05) is 18.7 Å². The number of benzene rings is 1. The maximum Gasteiger partial charge on any atom is 0.246 e. The molecule has 1 fully saturated rings. The van der Waals surface area contributed by atoms with Crippen molar-refractivity contribution in [2.45, 2.75) is 71.4 Å². The van der Waals surface area contributed by atoms with Gasteiger partial charge in [-0.05, 0) is 45.2 Å². The average molecular weight is 316 g/mol. The lowest BCUT2D eigenvalue weighted by Gasteiger charge is -2.39. The Bertz CT molecular complexity index is 561. The molecular formula is C19H28N2O2. The molecule has 0 bridgehead atoms. The van der Waals surface area contributed by atoms with E-state index >= 15 is 0 Å². The Balaban J connectivity index is 2.30.